The Morgan fingerprint density at radius 2 is 2.22 bits per heavy atom. The van der Waals surface area contributed by atoms with Crippen LogP contribution in [0.4, 0.5) is 0 Å². The third-order valence-corrected chi connectivity index (χ3v) is 2.67. The number of hydrogen-bond donors (Lipinski definition) is 2. The van der Waals surface area contributed by atoms with Crippen molar-refractivity contribution in [2.75, 3.05) is 7.11 Å². The van der Waals surface area contributed by atoms with Crippen LogP contribution < -0.4 is 4.74 Å². The highest BCUT2D eigenvalue weighted by atomic mass is 16.5. The maximum absolute atomic E-state index is 10.6. The Kier molecular flexibility index (Phi) is 3.62. The van der Waals surface area contributed by atoms with Crippen molar-refractivity contribution in [1.82, 2.24) is 9.97 Å². The fourth-order valence-corrected chi connectivity index (χ4v) is 1.82. The summed E-state index contributed by atoms with van der Waals surface area (Å²) in [7, 11) is 1.60. The summed E-state index contributed by atoms with van der Waals surface area (Å²) in [6, 6.07) is 7.53. The molecule has 2 rings (SSSR count). The molecule has 0 aliphatic carbocycles. The van der Waals surface area contributed by atoms with Gasteiger partial charge in [-0.15, -0.1) is 0 Å². The van der Waals surface area contributed by atoms with E-state index in [9.17, 15) is 4.79 Å². The minimum Gasteiger partial charge on any atom is -0.496 e. The zero-order chi connectivity index (χ0) is 13.0. The Hall–Kier alpha value is -2.30. The predicted octanol–water partition coefficient (Wildman–Crippen LogP) is 2.10. The summed E-state index contributed by atoms with van der Waals surface area (Å²) >= 11 is 0. The molecule has 0 amide bonds. The Morgan fingerprint density at radius 3 is 2.94 bits per heavy atom. The Bertz CT molecular complexity index is 549. The molecule has 5 heteroatoms. The lowest BCUT2D eigenvalue weighted by atomic mass is 10.1. The summed E-state index contributed by atoms with van der Waals surface area (Å²) in [6.45, 7) is 0. The number of aliphatic carboxylic acids is 1. The minimum atomic E-state index is -0.824. The number of H-pyrrole nitrogens is 1. The second-order valence-electron chi connectivity index (χ2n) is 3.82. The summed E-state index contributed by atoms with van der Waals surface area (Å²) in [4.78, 5) is 17.8. The van der Waals surface area contributed by atoms with Crippen LogP contribution >= 0.6 is 0 Å². The minimum absolute atomic E-state index is 0.0738. The number of carboxylic acid groups (broad SMARTS) is 1. The lowest BCUT2D eigenvalue weighted by Crippen LogP contribution is -1.99. The molecule has 0 saturated heterocycles. The number of imidazole rings is 1. The summed E-state index contributed by atoms with van der Waals surface area (Å²) in [5, 5.41) is 8.72. The zero-order valence-electron chi connectivity index (χ0n) is 10.0. The van der Waals surface area contributed by atoms with Crippen LogP contribution in [0.2, 0.25) is 0 Å². The van der Waals surface area contributed by atoms with Crippen LogP contribution in [-0.2, 0) is 11.2 Å². The highest BCUT2D eigenvalue weighted by Crippen LogP contribution is 2.30. The number of ether oxygens (including phenoxy) is 1. The molecule has 0 spiro atoms. The SMILES string of the molecule is COc1ccccc1-c1nc[nH]c1CCC(=O)O. The molecule has 0 atom stereocenters. The summed E-state index contributed by atoms with van der Waals surface area (Å²) < 4.78 is 5.28. The highest BCUT2D eigenvalue weighted by Gasteiger charge is 2.13. The number of para-hydroxylation sites is 1. The maximum atomic E-state index is 10.6. The molecular weight excluding hydrogens is 232 g/mol. The summed E-state index contributed by atoms with van der Waals surface area (Å²) in [5.41, 5.74) is 2.41. The van der Waals surface area contributed by atoms with E-state index < -0.39 is 5.97 Å². The monoisotopic (exact) mass is 246 g/mol. The molecule has 0 aliphatic heterocycles. The van der Waals surface area contributed by atoms with E-state index in [0.29, 0.717) is 6.42 Å². The maximum Gasteiger partial charge on any atom is 0.303 e. The summed E-state index contributed by atoms with van der Waals surface area (Å²) in [5.74, 6) is -0.100. The first kappa shape index (κ1) is 12.2. The number of carbonyl (C=O) groups is 1. The van der Waals surface area contributed by atoms with Crippen LogP contribution in [-0.4, -0.2) is 28.2 Å². The van der Waals surface area contributed by atoms with Crippen LogP contribution in [0.5, 0.6) is 5.75 Å². The number of nitrogens with zero attached hydrogens (tertiary/aromatic N) is 1. The van der Waals surface area contributed by atoms with Gasteiger partial charge in [0.1, 0.15) is 5.75 Å². The molecular formula is C13H14N2O3. The van der Waals surface area contributed by atoms with Crippen LogP contribution in [0.3, 0.4) is 0 Å². The van der Waals surface area contributed by atoms with E-state index in [0.717, 1.165) is 22.7 Å². The van der Waals surface area contributed by atoms with Crippen molar-refractivity contribution < 1.29 is 14.6 Å². The van der Waals surface area contributed by atoms with E-state index in [4.69, 9.17) is 9.84 Å². The molecule has 0 fully saturated rings. The van der Waals surface area contributed by atoms with Crippen LogP contribution in [0.1, 0.15) is 12.1 Å². The van der Waals surface area contributed by atoms with Crippen molar-refractivity contribution in [3.8, 4) is 17.0 Å². The molecule has 0 saturated carbocycles. The molecule has 0 bridgehead atoms. The molecule has 18 heavy (non-hydrogen) atoms. The van der Waals surface area contributed by atoms with Crippen LogP contribution in [0.15, 0.2) is 30.6 Å². The van der Waals surface area contributed by atoms with Crippen LogP contribution in [0, 0.1) is 0 Å². The average Bonchev–Trinajstić information content (AvgIpc) is 2.84. The first-order valence-corrected chi connectivity index (χ1v) is 5.60. The van der Waals surface area contributed by atoms with E-state index in [-0.39, 0.29) is 6.42 Å². The Balaban J connectivity index is 2.33. The number of aryl methyl sites for hydroxylation is 1. The van der Waals surface area contributed by atoms with Gasteiger partial charge in [0.05, 0.1) is 25.6 Å². The van der Waals surface area contributed by atoms with Crippen LogP contribution in [0.25, 0.3) is 11.3 Å². The quantitative estimate of drug-likeness (QED) is 0.847. The van der Waals surface area contributed by atoms with Gasteiger partial charge in [0.25, 0.3) is 0 Å². The molecule has 2 aromatic rings. The second kappa shape index (κ2) is 5.35. The van der Waals surface area contributed by atoms with Gasteiger partial charge in [-0.05, 0) is 12.1 Å². The van der Waals surface area contributed by atoms with Gasteiger partial charge in [-0.25, -0.2) is 4.98 Å². The molecule has 1 aromatic heterocycles. The lowest BCUT2D eigenvalue weighted by molar-refractivity contribution is -0.136. The molecule has 1 heterocycles. The summed E-state index contributed by atoms with van der Waals surface area (Å²) in [6.07, 6.45) is 2.06. The van der Waals surface area contributed by atoms with Gasteiger partial charge in [-0.1, -0.05) is 12.1 Å². The molecule has 2 N–H and O–H groups in total. The van der Waals surface area contributed by atoms with E-state index >= 15 is 0 Å². The zero-order valence-corrected chi connectivity index (χ0v) is 10.0. The number of aromatic nitrogens is 2. The number of rotatable bonds is 5. The number of hydrogen-bond acceptors (Lipinski definition) is 3. The molecule has 0 aliphatic rings. The number of carboxylic acids is 1. The Morgan fingerprint density at radius 1 is 1.44 bits per heavy atom. The van der Waals surface area contributed by atoms with E-state index in [2.05, 4.69) is 9.97 Å². The molecule has 1 aromatic carbocycles. The van der Waals surface area contributed by atoms with Crippen molar-refractivity contribution in [3.05, 3.63) is 36.3 Å². The number of benzene rings is 1. The van der Waals surface area contributed by atoms with Crippen molar-refractivity contribution in [1.29, 1.82) is 0 Å². The van der Waals surface area contributed by atoms with Gasteiger partial charge >= 0.3 is 5.97 Å². The topological polar surface area (TPSA) is 75.2 Å². The van der Waals surface area contributed by atoms with Gasteiger partial charge in [-0.3, -0.25) is 4.79 Å². The van der Waals surface area contributed by atoms with Gasteiger partial charge in [-0.2, -0.15) is 0 Å². The largest absolute Gasteiger partial charge is 0.496 e. The third-order valence-electron chi connectivity index (χ3n) is 2.67. The lowest BCUT2D eigenvalue weighted by Gasteiger charge is -2.07. The smallest absolute Gasteiger partial charge is 0.303 e. The second-order valence-corrected chi connectivity index (χ2v) is 3.82. The first-order valence-electron chi connectivity index (χ1n) is 5.60. The van der Waals surface area contributed by atoms with Gasteiger partial charge < -0.3 is 14.8 Å². The fraction of sp³-hybridized carbons (Fsp3) is 0.231. The fourth-order valence-electron chi connectivity index (χ4n) is 1.82. The normalized spacial score (nSPS) is 10.3. The van der Waals surface area contributed by atoms with E-state index in [1.165, 1.54) is 0 Å². The standard InChI is InChI=1S/C13H14N2O3/c1-18-11-5-3-2-4-9(11)13-10(14-8-15-13)6-7-12(16)17/h2-5,8H,6-7H2,1H3,(H,14,15)(H,16,17). The first-order chi connectivity index (χ1) is 8.72. The van der Waals surface area contributed by atoms with E-state index in [1.54, 1.807) is 13.4 Å². The van der Waals surface area contributed by atoms with Crippen molar-refractivity contribution in [3.63, 3.8) is 0 Å². The number of aromatic amines is 1. The highest BCUT2D eigenvalue weighted by molar-refractivity contribution is 5.71. The third kappa shape index (κ3) is 2.51. The molecule has 94 valence electrons. The number of methoxy groups -OCH3 is 1. The molecule has 0 unspecified atom stereocenters. The number of nitrogens with one attached hydrogen (secondary N) is 1. The predicted molar refractivity (Wildman–Crippen MR) is 66.5 cm³/mol. The van der Waals surface area contributed by atoms with Gasteiger partial charge in [0, 0.05) is 17.7 Å². The van der Waals surface area contributed by atoms with Crippen molar-refractivity contribution >= 4 is 5.97 Å². The molecule has 5 nitrogen and oxygen atoms in total. The Labute approximate surface area is 104 Å². The van der Waals surface area contributed by atoms with Crippen molar-refractivity contribution in [2.24, 2.45) is 0 Å². The average molecular weight is 246 g/mol. The molecule has 0 radical (unpaired) electrons. The van der Waals surface area contributed by atoms with Gasteiger partial charge in [0.2, 0.25) is 0 Å². The van der Waals surface area contributed by atoms with Crippen molar-refractivity contribution in [2.45, 2.75) is 12.8 Å². The van der Waals surface area contributed by atoms with Gasteiger partial charge in [0.15, 0.2) is 0 Å². The van der Waals surface area contributed by atoms with E-state index in [1.807, 2.05) is 24.3 Å².